The molecule has 0 fully saturated rings. The summed E-state index contributed by atoms with van der Waals surface area (Å²) in [6.07, 6.45) is -4.52. The number of benzene rings is 1. The molecular weight excluding hydrogens is 238 g/mol. The second kappa shape index (κ2) is 4.62. The van der Waals surface area contributed by atoms with Crippen LogP contribution in [0.15, 0.2) is 18.2 Å². The molecule has 1 aromatic carbocycles. The van der Waals surface area contributed by atoms with E-state index in [9.17, 15) is 17.6 Å². The largest absolute Gasteiger partial charge is 0.416 e. The molecule has 0 aliphatic rings. The summed E-state index contributed by atoms with van der Waals surface area (Å²) in [5.41, 5.74) is 3.01. The monoisotopic (exact) mass is 251 g/mol. The van der Waals surface area contributed by atoms with E-state index in [1.165, 1.54) is 14.0 Å². The average Bonchev–Trinajstić information content (AvgIpc) is 2.27. The summed E-state index contributed by atoms with van der Waals surface area (Å²) in [7, 11) is 1.27. The van der Waals surface area contributed by atoms with Gasteiger partial charge in [0, 0.05) is 19.2 Å². The first-order chi connectivity index (χ1) is 7.74. The van der Waals surface area contributed by atoms with E-state index in [0.717, 1.165) is 12.1 Å². The number of halogens is 4. The molecule has 0 aliphatic heterocycles. The zero-order valence-electron chi connectivity index (χ0n) is 9.44. The molecule has 0 radical (unpaired) electrons. The summed E-state index contributed by atoms with van der Waals surface area (Å²) in [6, 6.07) is 2.18. The molecule has 1 atom stereocenters. The molecular formula is C11H13F4NO. The molecule has 6 heteroatoms. The molecule has 0 heterocycles. The minimum Gasteiger partial charge on any atom is -0.372 e. The quantitative estimate of drug-likeness (QED) is 0.838. The predicted octanol–water partition coefficient (Wildman–Crippen LogP) is 2.66. The zero-order valence-corrected chi connectivity index (χ0v) is 9.44. The Hall–Kier alpha value is -1.14. The van der Waals surface area contributed by atoms with Gasteiger partial charge in [-0.05, 0) is 25.1 Å². The predicted molar refractivity (Wildman–Crippen MR) is 54.8 cm³/mol. The van der Waals surface area contributed by atoms with Gasteiger partial charge in [0.05, 0.1) is 5.56 Å². The van der Waals surface area contributed by atoms with Gasteiger partial charge in [-0.25, -0.2) is 4.39 Å². The second-order valence-electron chi connectivity index (χ2n) is 3.83. The van der Waals surface area contributed by atoms with Crippen LogP contribution in [0.2, 0.25) is 0 Å². The Bertz CT molecular complexity index is 399. The summed E-state index contributed by atoms with van der Waals surface area (Å²) < 4.78 is 56.0. The van der Waals surface area contributed by atoms with Crippen LogP contribution in [0, 0.1) is 5.82 Å². The molecule has 0 amide bonds. The first-order valence-electron chi connectivity index (χ1n) is 4.87. The standard InChI is InChI=1S/C11H13F4NO/c1-10(6-16,17-2)8-5-7(11(13,14)15)3-4-9(8)12/h3-5H,6,16H2,1-2H3. The number of alkyl halides is 3. The van der Waals surface area contributed by atoms with Crippen LogP contribution >= 0.6 is 0 Å². The van der Waals surface area contributed by atoms with Crippen molar-refractivity contribution in [2.75, 3.05) is 13.7 Å². The van der Waals surface area contributed by atoms with Crippen molar-refractivity contribution in [1.82, 2.24) is 0 Å². The maximum atomic E-state index is 13.5. The van der Waals surface area contributed by atoms with Crippen LogP contribution in [0.4, 0.5) is 17.6 Å². The molecule has 2 N–H and O–H groups in total. The third-order valence-electron chi connectivity index (χ3n) is 2.70. The SMILES string of the molecule is COC(C)(CN)c1cc(C(F)(F)F)ccc1F. The lowest BCUT2D eigenvalue weighted by Crippen LogP contribution is -2.35. The lowest BCUT2D eigenvalue weighted by molar-refractivity contribution is -0.137. The normalized spacial score (nSPS) is 15.7. The maximum Gasteiger partial charge on any atom is 0.416 e. The molecule has 1 aromatic rings. The first-order valence-corrected chi connectivity index (χ1v) is 4.87. The maximum absolute atomic E-state index is 13.5. The van der Waals surface area contributed by atoms with E-state index in [0.29, 0.717) is 6.07 Å². The van der Waals surface area contributed by atoms with Crippen LogP contribution in [0.25, 0.3) is 0 Å². The number of rotatable bonds is 3. The van der Waals surface area contributed by atoms with Crippen molar-refractivity contribution in [1.29, 1.82) is 0 Å². The molecule has 1 unspecified atom stereocenters. The number of ether oxygens (including phenoxy) is 1. The summed E-state index contributed by atoms with van der Waals surface area (Å²) in [5, 5.41) is 0. The number of hydrogen-bond acceptors (Lipinski definition) is 2. The Kier molecular flexibility index (Phi) is 3.78. The van der Waals surface area contributed by atoms with Gasteiger partial charge in [-0.2, -0.15) is 13.2 Å². The minimum atomic E-state index is -4.52. The molecule has 0 aliphatic carbocycles. The van der Waals surface area contributed by atoms with Crippen molar-refractivity contribution in [2.24, 2.45) is 5.73 Å². The summed E-state index contributed by atoms with van der Waals surface area (Å²) in [5.74, 6) is -0.771. The molecule has 0 spiro atoms. The highest BCUT2D eigenvalue weighted by molar-refractivity contribution is 5.31. The van der Waals surface area contributed by atoms with Crippen molar-refractivity contribution in [2.45, 2.75) is 18.7 Å². The van der Waals surface area contributed by atoms with Gasteiger partial charge in [-0.1, -0.05) is 0 Å². The fourth-order valence-electron chi connectivity index (χ4n) is 1.41. The topological polar surface area (TPSA) is 35.2 Å². The summed E-state index contributed by atoms with van der Waals surface area (Å²) in [4.78, 5) is 0. The fourth-order valence-corrected chi connectivity index (χ4v) is 1.41. The third-order valence-corrected chi connectivity index (χ3v) is 2.70. The van der Waals surface area contributed by atoms with Gasteiger partial charge < -0.3 is 10.5 Å². The van der Waals surface area contributed by atoms with Crippen LogP contribution < -0.4 is 5.73 Å². The lowest BCUT2D eigenvalue weighted by atomic mass is 9.93. The van der Waals surface area contributed by atoms with E-state index in [-0.39, 0.29) is 12.1 Å². The van der Waals surface area contributed by atoms with Crippen molar-refractivity contribution in [3.05, 3.63) is 35.1 Å². The van der Waals surface area contributed by atoms with E-state index in [4.69, 9.17) is 10.5 Å². The van der Waals surface area contributed by atoms with Gasteiger partial charge in [0.1, 0.15) is 11.4 Å². The van der Waals surface area contributed by atoms with Gasteiger partial charge in [0.15, 0.2) is 0 Å². The van der Waals surface area contributed by atoms with Crippen LogP contribution in [-0.4, -0.2) is 13.7 Å². The Morgan fingerprint density at radius 2 is 1.88 bits per heavy atom. The Morgan fingerprint density at radius 1 is 1.29 bits per heavy atom. The average molecular weight is 251 g/mol. The van der Waals surface area contributed by atoms with Crippen molar-refractivity contribution < 1.29 is 22.3 Å². The number of hydrogen-bond donors (Lipinski definition) is 1. The van der Waals surface area contributed by atoms with E-state index in [1.807, 2.05) is 0 Å². The van der Waals surface area contributed by atoms with E-state index in [1.54, 1.807) is 0 Å². The summed E-state index contributed by atoms with van der Waals surface area (Å²) >= 11 is 0. The van der Waals surface area contributed by atoms with E-state index >= 15 is 0 Å². The van der Waals surface area contributed by atoms with Crippen LogP contribution in [-0.2, 0) is 16.5 Å². The first kappa shape index (κ1) is 13.9. The van der Waals surface area contributed by atoms with E-state index < -0.39 is 23.2 Å². The smallest absolute Gasteiger partial charge is 0.372 e. The van der Waals surface area contributed by atoms with Gasteiger partial charge >= 0.3 is 6.18 Å². The van der Waals surface area contributed by atoms with Gasteiger partial charge in [0.25, 0.3) is 0 Å². The Morgan fingerprint density at radius 3 is 2.29 bits per heavy atom. The molecule has 0 saturated heterocycles. The molecule has 2 nitrogen and oxygen atoms in total. The summed E-state index contributed by atoms with van der Waals surface area (Å²) in [6.45, 7) is 1.31. The number of methoxy groups -OCH3 is 1. The van der Waals surface area contributed by atoms with Crippen LogP contribution in [0.3, 0.4) is 0 Å². The molecule has 0 aromatic heterocycles. The highest BCUT2D eigenvalue weighted by Crippen LogP contribution is 2.34. The van der Waals surface area contributed by atoms with Crippen molar-refractivity contribution in [3.8, 4) is 0 Å². The van der Waals surface area contributed by atoms with Gasteiger partial charge in [-0.15, -0.1) is 0 Å². The van der Waals surface area contributed by atoms with E-state index in [2.05, 4.69) is 0 Å². The minimum absolute atomic E-state index is 0.123. The molecule has 96 valence electrons. The van der Waals surface area contributed by atoms with Crippen molar-refractivity contribution >= 4 is 0 Å². The van der Waals surface area contributed by atoms with Crippen LogP contribution in [0.5, 0.6) is 0 Å². The highest BCUT2D eigenvalue weighted by Gasteiger charge is 2.34. The van der Waals surface area contributed by atoms with Crippen molar-refractivity contribution in [3.63, 3.8) is 0 Å². The van der Waals surface area contributed by atoms with Gasteiger partial charge in [0.2, 0.25) is 0 Å². The fraction of sp³-hybridized carbons (Fsp3) is 0.455. The zero-order chi connectivity index (χ0) is 13.3. The lowest BCUT2D eigenvalue weighted by Gasteiger charge is -2.28. The van der Waals surface area contributed by atoms with Crippen LogP contribution in [0.1, 0.15) is 18.1 Å². The third kappa shape index (κ3) is 2.76. The molecule has 17 heavy (non-hydrogen) atoms. The second-order valence-corrected chi connectivity index (χ2v) is 3.83. The molecule has 0 bridgehead atoms. The van der Waals surface area contributed by atoms with Gasteiger partial charge in [-0.3, -0.25) is 0 Å². The highest BCUT2D eigenvalue weighted by atomic mass is 19.4. The molecule has 1 rings (SSSR count). The Labute approximate surface area is 96.4 Å². The molecule has 0 saturated carbocycles. The Balaban J connectivity index is 3.33. The number of nitrogens with two attached hydrogens (primary N) is 1.